The minimum absolute atomic E-state index is 0.0977. The van der Waals surface area contributed by atoms with Crippen LogP contribution in [0.1, 0.15) is 323 Å². The number of esters is 3. The molecule has 0 aromatic carbocycles. The maximum atomic E-state index is 12.9. The molecular formula is C76H128O6. The lowest BCUT2D eigenvalue weighted by Gasteiger charge is -2.18. The molecule has 82 heavy (non-hydrogen) atoms. The Bertz CT molecular complexity index is 1690. The van der Waals surface area contributed by atoms with E-state index in [1.165, 1.54) is 167 Å². The van der Waals surface area contributed by atoms with E-state index < -0.39 is 6.10 Å². The van der Waals surface area contributed by atoms with Crippen molar-refractivity contribution in [1.29, 1.82) is 0 Å². The van der Waals surface area contributed by atoms with Crippen LogP contribution in [-0.2, 0) is 28.6 Å². The zero-order chi connectivity index (χ0) is 59.2. The quantitative estimate of drug-likeness (QED) is 0.0261. The van der Waals surface area contributed by atoms with Crippen molar-refractivity contribution in [1.82, 2.24) is 0 Å². The average molecular weight is 1140 g/mol. The molecule has 0 aliphatic rings. The summed E-state index contributed by atoms with van der Waals surface area (Å²) in [6.07, 6.45) is 96.6. The lowest BCUT2D eigenvalue weighted by atomic mass is 10.0. The molecule has 0 spiro atoms. The minimum Gasteiger partial charge on any atom is -0.462 e. The van der Waals surface area contributed by atoms with E-state index in [1.54, 1.807) is 0 Å². The zero-order valence-electron chi connectivity index (χ0n) is 53.7. The van der Waals surface area contributed by atoms with Crippen molar-refractivity contribution in [3.05, 3.63) is 122 Å². The summed E-state index contributed by atoms with van der Waals surface area (Å²) < 4.78 is 16.9. The summed E-state index contributed by atoms with van der Waals surface area (Å²) in [6, 6.07) is 0. The van der Waals surface area contributed by atoms with E-state index in [4.69, 9.17) is 14.2 Å². The molecule has 0 fully saturated rings. The average Bonchev–Trinajstić information content (AvgIpc) is 3.47. The van der Waals surface area contributed by atoms with Crippen LogP contribution in [-0.4, -0.2) is 37.2 Å². The van der Waals surface area contributed by atoms with Gasteiger partial charge in [-0.25, -0.2) is 0 Å². The Balaban J connectivity index is 4.24. The van der Waals surface area contributed by atoms with Gasteiger partial charge in [0.2, 0.25) is 0 Å². The summed E-state index contributed by atoms with van der Waals surface area (Å²) in [4.78, 5) is 38.3. The first kappa shape index (κ1) is 77.8. The van der Waals surface area contributed by atoms with E-state index in [0.29, 0.717) is 19.3 Å². The van der Waals surface area contributed by atoms with Crippen LogP contribution in [0.15, 0.2) is 122 Å². The van der Waals surface area contributed by atoms with Gasteiger partial charge in [0, 0.05) is 19.3 Å². The van der Waals surface area contributed by atoms with Crippen molar-refractivity contribution in [3.63, 3.8) is 0 Å². The molecule has 0 aliphatic heterocycles. The Morgan fingerprint density at radius 3 is 0.780 bits per heavy atom. The number of hydrogen-bond donors (Lipinski definition) is 0. The molecule has 6 heteroatoms. The molecule has 468 valence electrons. The third-order valence-electron chi connectivity index (χ3n) is 14.7. The first-order valence-electron chi connectivity index (χ1n) is 34.5. The number of rotatable bonds is 62. The third-order valence-corrected chi connectivity index (χ3v) is 14.7. The van der Waals surface area contributed by atoms with Gasteiger partial charge in [0.05, 0.1) is 0 Å². The highest BCUT2D eigenvalue weighted by atomic mass is 16.6. The van der Waals surface area contributed by atoms with E-state index in [9.17, 15) is 14.4 Å². The monoisotopic (exact) mass is 1140 g/mol. The zero-order valence-corrected chi connectivity index (χ0v) is 53.7. The van der Waals surface area contributed by atoms with Crippen molar-refractivity contribution in [2.45, 2.75) is 329 Å². The number of ether oxygens (including phenoxy) is 3. The maximum Gasteiger partial charge on any atom is 0.306 e. The van der Waals surface area contributed by atoms with Crippen LogP contribution in [0, 0.1) is 0 Å². The van der Waals surface area contributed by atoms with E-state index in [-0.39, 0.29) is 37.5 Å². The van der Waals surface area contributed by atoms with Crippen molar-refractivity contribution in [2.75, 3.05) is 13.2 Å². The van der Waals surface area contributed by atoms with Gasteiger partial charge in [-0.2, -0.15) is 0 Å². The van der Waals surface area contributed by atoms with E-state index in [0.717, 1.165) is 109 Å². The molecule has 0 radical (unpaired) electrons. The molecular weight excluding hydrogens is 1010 g/mol. The summed E-state index contributed by atoms with van der Waals surface area (Å²) >= 11 is 0. The van der Waals surface area contributed by atoms with Crippen LogP contribution >= 0.6 is 0 Å². The molecule has 0 N–H and O–H groups in total. The minimum atomic E-state index is -0.808. The van der Waals surface area contributed by atoms with Gasteiger partial charge in [-0.3, -0.25) is 14.4 Å². The standard InChI is InChI=1S/C76H128O6/c1-4-7-10-13-16-19-22-25-28-30-31-32-33-34-35-36-37-38-39-40-41-42-43-44-45-47-48-51-54-57-60-63-66-69-75(78)81-72-73(71-80-74(77)68-65-62-59-56-53-50-27-24-21-18-15-12-9-6-3)82-76(79)70-67-64-61-58-55-52-49-46-29-26-23-20-17-14-11-8-5-2/h7-8,10-11,16-17,19-20,25-26,28-29,31-32,34-35,49,52,58,61,73H,4-6,9,12-15,18,21-24,27,30,33,36-48,50-51,53-57,59-60,62-72H2,1-3H3/b10-7-,11-8-,19-16-,20-17-,28-25-,29-26-,32-31-,35-34-,52-49-,61-58-. The Kier molecular flexibility index (Phi) is 65.8. The van der Waals surface area contributed by atoms with E-state index in [2.05, 4.69) is 142 Å². The summed E-state index contributed by atoms with van der Waals surface area (Å²) in [5.41, 5.74) is 0. The van der Waals surface area contributed by atoms with Crippen LogP contribution in [0.2, 0.25) is 0 Å². The second-order valence-electron chi connectivity index (χ2n) is 22.7. The van der Waals surface area contributed by atoms with Crippen molar-refractivity contribution < 1.29 is 28.6 Å². The van der Waals surface area contributed by atoms with Gasteiger partial charge in [-0.1, -0.05) is 322 Å². The van der Waals surface area contributed by atoms with Crippen LogP contribution in [0.5, 0.6) is 0 Å². The molecule has 0 rings (SSSR count). The summed E-state index contributed by atoms with van der Waals surface area (Å²) in [7, 11) is 0. The second kappa shape index (κ2) is 69.3. The van der Waals surface area contributed by atoms with Gasteiger partial charge in [0.25, 0.3) is 0 Å². The van der Waals surface area contributed by atoms with Gasteiger partial charge < -0.3 is 14.2 Å². The molecule has 0 aromatic rings. The molecule has 0 saturated heterocycles. The fraction of sp³-hybridized carbons (Fsp3) is 0.697. The Labute approximate surface area is 507 Å². The van der Waals surface area contributed by atoms with Crippen molar-refractivity contribution >= 4 is 17.9 Å². The van der Waals surface area contributed by atoms with Crippen LogP contribution in [0.25, 0.3) is 0 Å². The van der Waals surface area contributed by atoms with Crippen molar-refractivity contribution in [3.8, 4) is 0 Å². The predicted octanol–water partition coefficient (Wildman–Crippen LogP) is 23.9. The molecule has 6 nitrogen and oxygen atoms in total. The van der Waals surface area contributed by atoms with Gasteiger partial charge in [-0.05, 0) is 103 Å². The second-order valence-corrected chi connectivity index (χ2v) is 22.7. The molecule has 0 aromatic heterocycles. The van der Waals surface area contributed by atoms with Crippen molar-refractivity contribution in [2.24, 2.45) is 0 Å². The normalized spacial score (nSPS) is 12.9. The van der Waals surface area contributed by atoms with Gasteiger partial charge in [-0.15, -0.1) is 0 Å². The molecule has 1 atom stereocenters. The Morgan fingerprint density at radius 2 is 0.488 bits per heavy atom. The highest BCUT2D eigenvalue weighted by Gasteiger charge is 2.19. The molecule has 1 unspecified atom stereocenters. The Morgan fingerprint density at radius 1 is 0.256 bits per heavy atom. The third kappa shape index (κ3) is 66.6. The largest absolute Gasteiger partial charge is 0.462 e. The number of unbranched alkanes of at least 4 members (excludes halogenated alkanes) is 31. The lowest BCUT2D eigenvalue weighted by molar-refractivity contribution is -0.167. The predicted molar refractivity (Wildman–Crippen MR) is 357 cm³/mol. The highest BCUT2D eigenvalue weighted by molar-refractivity contribution is 5.71. The smallest absolute Gasteiger partial charge is 0.306 e. The van der Waals surface area contributed by atoms with Gasteiger partial charge in [0.15, 0.2) is 6.10 Å². The van der Waals surface area contributed by atoms with Crippen LogP contribution < -0.4 is 0 Å². The first-order valence-corrected chi connectivity index (χ1v) is 34.5. The summed E-state index contributed by atoms with van der Waals surface area (Å²) in [5, 5.41) is 0. The SMILES string of the molecule is CC/C=C\C/C=C\C/C=C\C/C=C\C/C=C\CCCCCCCCCCCCCCCCCCCC(=O)OCC(COC(=O)CCCCCCCCCCCCCCCC)OC(=O)CCC/C=C\C/C=C\C/C=C\C/C=C\C/C=C\CC. The topological polar surface area (TPSA) is 78.9 Å². The number of hydrogen-bond acceptors (Lipinski definition) is 6. The number of allylic oxidation sites excluding steroid dienone is 20. The fourth-order valence-electron chi connectivity index (χ4n) is 9.63. The highest BCUT2D eigenvalue weighted by Crippen LogP contribution is 2.17. The fourth-order valence-corrected chi connectivity index (χ4v) is 9.63. The van der Waals surface area contributed by atoms with Gasteiger partial charge >= 0.3 is 17.9 Å². The lowest BCUT2D eigenvalue weighted by Crippen LogP contribution is -2.30. The Hall–Kier alpha value is -4.19. The summed E-state index contributed by atoms with van der Waals surface area (Å²) in [5.74, 6) is -0.945. The molecule has 0 amide bonds. The van der Waals surface area contributed by atoms with Crippen LogP contribution in [0.3, 0.4) is 0 Å². The first-order chi connectivity index (χ1) is 40.5. The maximum absolute atomic E-state index is 12.9. The molecule has 0 bridgehead atoms. The number of carbonyl (C=O) groups excluding carboxylic acids is 3. The molecule has 0 saturated carbocycles. The molecule has 0 heterocycles. The van der Waals surface area contributed by atoms with E-state index >= 15 is 0 Å². The molecule has 0 aliphatic carbocycles. The van der Waals surface area contributed by atoms with Crippen LogP contribution in [0.4, 0.5) is 0 Å². The van der Waals surface area contributed by atoms with E-state index in [1.807, 2.05) is 0 Å². The van der Waals surface area contributed by atoms with Gasteiger partial charge in [0.1, 0.15) is 13.2 Å². The number of carbonyl (C=O) groups is 3. The summed E-state index contributed by atoms with van der Waals surface area (Å²) in [6.45, 7) is 6.39.